The molecule has 0 bridgehead atoms. The van der Waals surface area contributed by atoms with E-state index in [1.807, 2.05) is 54.6 Å². The Balaban J connectivity index is 1.71. The summed E-state index contributed by atoms with van der Waals surface area (Å²) in [6, 6.07) is 19.3. The van der Waals surface area contributed by atoms with Gasteiger partial charge in [0, 0.05) is 5.56 Å². The van der Waals surface area contributed by atoms with E-state index in [9.17, 15) is 4.79 Å². The Morgan fingerprint density at radius 2 is 1.75 bits per heavy atom. The number of hydrogen-bond acceptors (Lipinski definition) is 4. The Bertz CT molecular complexity index is 788. The molecule has 1 heterocycles. The van der Waals surface area contributed by atoms with Crippen molar-refractivity contribution in [3.05, 3.63) is 78.3 Å². The lowest BCUT2D eigenvalue weighted by atomic mass is 10.1. The van der Waals surface area contributed by atoms with Crippen molar-refractivity contribution in [2.75, 3.05) is 6.61 Å². The number of benzene rings is 2. The molecular weight excluding hydrogens is 304 g/mol. The standard InChI is InChI=1S/C20H18O4/c1-2-22-20(21)19-18(12-13-23-19)16-8-10-17(11-9-16)24-14-15-6-4-3-5-7-15/h3-13H,2,14H2,1H3. The Morgan fingerprint density at radius 1 is 1.00 bits per heavy atom. The van der Waals surface area contributed by atoms with Crippen molar-refractivity contribution in [3.63, 3.8) is 0 Å². The molecule has 4 heteroatoms. The molecule has 0 aliphatic rings. The van der Waals surface area contributed by atoms with Gasteiger partial charge in [-0.25, -0.2) is 4.79 Å². The number of carbonyl (C=O) groups is 1. The third-order valence-electron chi connectivity index (χ3n) is 3.54. The number of furan rings is 1. The van der Waals surface area contributed by atoms with Crippen LogP contribution in [0.25, 0.3) is 11.1 Å². The summed E-state index contributed by atoms with van der Waals surface area (Å²) in [6.07, 6.45) is 1.49. The number of esters is 1. The largest absolute Gasteiger partial charge is 0.489 e. The fourth-order valence-electron chi connectivity index (χ4n) is 2.36. The minimum Gasteiger partial charge on any atom is -0.489 e. The van der Waals surface area contributed by atoms with E-state index in [0.29, 0.717) is 18.8 Å². The molecule has 0 atom stereocenters. The van der Waals surface area contributed by atoms with Gasteiger partial charge in [-0.15, -0.1) is 0 Å². The van der Waals surface area contributed by atoms with Crippen LogP contribution < -0.4 is 4.74 Å². The van der Waals surface area contributed by atoms with Crippen molar-refractivity contribution >= 4 is 5.97 Å². The van der Waals surface area contributed by atoms with Crippen molar-refractivity contribution < 1.29 is 18.7 Å². The Hall–Kier alpha value is -3.01. The average Bonchev–Trinajstić information content (AvgIpc) is 3.11. The number of hydrogen-bond donors (Lipinski definition) is 0. The van der Waals surface area contributed by atoms with Gasteiger partial charge in [-0.1, -0.05) is 42.5 Å². The smallest absolute Gasteiger partial charge is 0.374 e. The van der Waals surface area contributed by atoms with E-state index in [2.05, 4.69) is 0 Å². The molecule has 4 nitrogen and oxygen atoms in total. The molecule has 0 saturated heterocycles. The van der Waals surface area contributed by atoms with E-state index in [-0.39, 0.29) is 5.76 Å². The fraction of sp³-hybridized carbons (Fsp3) is 0.150. The first kappa shape index (κ1) is 15.9. The normalized spacial score (nSPS) is 10.4. The Labute approximate surface area is 140 Å². The molecular formula is C20H18O4. The lowest BCUT2D eigenvalue weighted by Crippen LogP contribution is -2.04. The lowest BCUT2D eigenvalue weighted by Gasteiger charge is -2.07. The third kappa shape index (κ3) is 3.66. The first-order chi connectivity index (χ1) is 11.8. The topological polar surface area (TPSA) is 48.7 Å². The second-order valence-electron chi connectivity index (χ2n) is 5.18. The van der Waals surface area contributed by atoms with Crippen molar-refractivity contribution in [3.8, 4) is 16.9 Å². The first-order valence-corrected chi connectivity index (χ1v) is 7.79. The van der Waals surface area contributed by atoms with Gasteiger partial charge in [0.05, 0.1) is 12.9 Å². The molecule has 0 unspecified atom stereocenters. The van der Waals surface area contributed by atoms with Crippen LogP contribution in [0.4, 0.5) is 0 Å². The SMILES string of the molecule is CCOC(=O)c1occc1-c1ccc(OCc2ccccc2)cc1. The number of ether oxygens (including phenoxy) is 2. The molecule has 0 radical (unpaired) electrons. The highest BCUT2D eigenvalue weighted by Crippen LogP contribution is 2.27. The van der Waals surface area contributed by atoms with Crippen LogP contribution in [-0.2, 0) is 11.3 Å². The summed E-state index contributed by atoms with van der Waals surface area (Å²) in [6.45, 7) is 2.59. The highest BCUT2D eigenvalue weighted by Gasteiger charge is 2.17. The number of rotatable bonds is 6. The second kappa shape index (κ2) is 7.51. The molecule has 122 valence electrons. The van der Waals surface area contributed by atoms with Gasteiger partial charge < -0.3 is 13.9 Å². The van der Waals surface area contributed by atoms with Crippen molar-refractivity contribution in [2.45, 2.75) is 13.5 Å². The van der Waals surface area contributed by atoms with E-state index < -0.39 is 5.97 Å². The first-order valence-electron chi connectivity index (χ1n) is 7.79. The maximum absolute atomic E-state index is 11.9. The van der Waals surface area contributed by atoms with Gasteiger partial charge in [0.25, 0.3) is 0 Å². The minimum atomic E-state index is -0.457. The van der Waals surface area contributed by atoms with E-state index in [0.717, 1.165) is 16.9 Å². The molecule has 0 aliphatic carbocycles. The van der Waals surface area contributed by atoms with Gasteiger partial charge in [0.15, 0.2) is 0 Å². The van der Waals surface area contributed by atoms with Gasteiger partial charge in [0.1, 0.15) is 12.4 Å². The fourth-order valence-corrected chi connectivity index (χ4v) is 2.36. The van der Waals surface area contributed by atoms with Crippen LogP contribution in [0.1, 0.15) is 23.0 Å². The van der Waals surface area contributed by atoms with Crippen LogP contribution in [0.2, 0.25) is 0 Å². The molecule has 2 aromatic carbocycles. The van der Waals surface area contributed by atoms with Crippen LogP contribution in [0, 0.1) is 0 Å². The summed E-state index contributed by atoms with van der Waals surface area (Å²) in [4.78, 5) is 11.9. The molecule has 3 rings (SSSR count). The van der Waals surface area contributed by atoms with Crippen LogP contribution in [0.5, 0.6) is 5.75 Å². The average molecular weight is 322 g/mol. The zero-order valence-electron chi connectivity index (χ0n) is 13.4. The van der Waals surface area contributed by atoms with Gasteiger partial charge >= 0.3 is 5.97 Å². The van der Waals surface area contributed by atoms with E-state index in [4.69, 9.17) is 13.9 Å². The van der Waals surface area contributed by atoms with Crippen molar-refractivity contribution in [1.82, 2.24) is 0 Å². The predicted octanol–water partition coefficient (Wildman–Crippen LogP) is 4.70. The van der Waals surface area contributed by atoms with Gasteiger partial charge in [-0.05, 0) is 36.2 Å². The molecule has 24 heavy (non-hydrogen) atoms. The van der Waals surface area contributed by atoms with Crippen LogP contribution in [0.15, 0.2) is 71.3 Å². The molecule has 0 aliphatic heterocycles. The third-order valence-corrected chi connectivity index (χ3v) is 3.54. The summed E-state index contributed by atoms with van der Waals surface area (Å²) in [5.41, 5.74) is 2.70. The lowest BCUT2D eigenvalue weighted by molar-refractivity contribution is 0.0491. The van der Waals surface area contributed by atoms with Crippen LogP contribution in [0.3, 0.4) is 0 Å². The van der Waals surface area contributed by atoms with Crippen molar-refractivity contribution in [2.24, 2.45) is 0 Å². The van der Waals surface area contributed by atoms with Crippen molar-refractivity contribution in [1.29, 1.82) is 0 Å². The maximum atomic E-state index is 11.9. The van der Waals surface area contributed by atoms with Gasteiger partial charge in [0.2, 0.25) is 5.76 Å². The van der Waals surface area contributed by atoms with E-state index in [1.54, 1.807) is 13.0 Å². The summed E-state index contributed by atoms with van der Waals surface area (Å²) >= 11 is 0. The molecule has 0 N–H and O–H groups in total. The minimum absolute atomic E-state index is 0.217. The molecule has 0 fully saturated rings. The summed E-state index contributed by atoms with van der Waals surface area (Å²) in [5, 5.41) is 0. The molecule has 0 amide bonds. The van der Waals surface area contributed by atoms with Gasteiger partial charge in [-0.2, -0.15) is 0 Å². The Kier molecular flexibility index (Phi) is 4.96. The molecule has 0 saturated carbocycles. The van der Waals surface area contributed by atoms with Gasteiger partial charge in [-0.3, -0.25) is 0 Å². The predicted molar refractivity (Wildman–Crippen MR) is 90.9 cm³/mol. The summed E-state index contributed by atoms with van der Waals surface area (Å²) in [5.74, 6) is 0.528. The maximum Gasteiger partial charge on any atom is 0.374 e. The molecule has 1 aromatic heterocycles. The quantitative estimate of drug-likeness (QED) is 0.617. The monoisotopic (exact) mass is 322 g/mol. The van der Waals surface area contributed by atoms with E-state index >= 15 is 0 Å². The number of carbonyl (C=O) groups excluding carboxylic acids is 1. The Morgan fingerprint density at radius 3 is 2.46 bits per heavy atom. The van der Waals surface area contributed by atoms with Crippen LogP contribution in [-0.4, -0.2) is 12.6 Å². The molecule has 0 spiro atoms. The highest BCUT2D eigenvalue weighted by atomic mass is 16.5. The summed E-state index contributed by atoms with van der Waals surface area (Å²) < 4.78 is 16.0. The van der Waals surface area contributed by atoms with E-state index in [1.165, 1.54) is 6.26 Å². The zero-order valence-corrected chi connectivity index (χ0v) is 13.4. The zero-order chi connectivity index (χ0) is 16.8. The van der Waals surface area contributed by atoms with Crippen LogP contribution >= 0.6 is 0 Å². The second-order valence-corrected chi connectivity index (χ2v) is 5.18. The summed E-state index contributed by atoms with van der Waals surface area (Å²) in [7, 11) is 0. The molecule has 3 aromatic rings. The highest BCUT2D eigenvalue weighted by molar-refractivity contribution is 5.94.